The van der Waals surface area contributed by atoms with E-state index in [0.717, 1.165) is 43.9 Å². The Morgan fingerprint density at radius 3 is 2.45 bits per heavy atom. The highest BCUT2D eigenvalue weighted by molar-refractivity contribution is 5.74. The van der Waals surface area contributed by atoms with Crippen LogP contribution >= 0.6 is 0 Å². The number of carbonyl (C=O) groups excluding carboxylic acids is 1. The van der Waals surface area contributed by atoms with Crippen LogP contribution in [0.4, 0.5) is 10.5 Å². The molecule has 1 saturated heterocycles. The molecule has 0 unspecified atom stereocenters. The molecule has 0 aliphatic carbocycles. The third kappa shape index (κ3) is 5.43. The second-order valence-corrected chi connectivity index (χ2v) is 8.57. The normalized spacial score (nSPS) is 14.6. The van der Waals surface area contributed by atoms with Gasteiger partial charge in [0, 0.05) is 38.4 Å². The van der Waals surface area contributed by atoms with Crippen LogP contribution in [0.3, 0.4) is 0 Å². The van der Waals surface area contributed by atoms with Crippen LogP contribution in [0.1, 0.15) is 31.9 Å². The smallest absolute Gasteiger partial charge is 0.317 e. The molecule has 29 heavy (non-hydrogen) atoms. The van der Waals surface area contributed by atoms with Gasteiger partial charge in [0.2, 0.25) is 0 Å². The molecule has 0 radical (unpaired) electrons. The molecule has 1 fully saturated rings. The average molecular weight is 396 g/mol. The fourth-order valence-electron chi connectivity index (χ4n) is 3.79. The van der Waals surface area contributed by atoms with Crippen LogP contribution in [-0.4, -0.2) is 50.8 Å². The van der Waals surface area contributed by atoms with Crippen molar-refractivity contribution in [2.75, 3.05) is 44.7 Å². The molecule has 0 spiro atoms. The molecule has 2 aromatic rings. The van der Waals surface area contributed by atoms with Gasteiger partial charge in [0.25, 0.3) is 0 Å². The van der Waals surface area contributed by atoms with Crippen molar-refractivity contribution in [1.29, 1.82) is 0 Å². The Labute approximate surface area is 174 Å². The number of benzene rings is 2. The van der Waals surface area contributed by atoms with Crippen molar-refractivity contribution in [2.45, 2.75) is 32.6 Å². The predicted octanol–water partition coefficient (Wildman–Crippen LogP) is 4.07. The Morgan fingerprint density at radius 2 is 1.76 bits per heavy atom. The number of ether oxygens (including phenoxy) is 1. The molecule has 1 heterocycles. The van der Waals surface area contributed by atoms with Crippen molar-refractivity contribution < 1.29 is 9.53 Å². The number of methoxy groups -OCH3 is 1. The predicted molar refractivity (Wildman–Crippen MR) is 119 cm³/mol. The summed E-state index contributed by atoms with van der Waals surface area (Å²) >= 11 is 0. The van der Waals surface area contributed by atoms with Gasteiger partial charge in [-0.2, -0.15) is 0 Å². The minimum absolute atomic E-state index is 0.0247. The van der Waals surface area contributed by atoms with E-state index in [4.69, 9.17) is 4.74 Å². The molecule has 1 N–H and O–H groups in total. The lowest BCUT2D eigenvalue weighted by Gasteiger charge is -2.38. The van der Waals surface area contributed by atoms with E-state index in [1.165, 1.54) is 11.3 Å². The summed E-state index contributed by atoms with van der Waals surface area (Å²) < 4.78 is 5.25. The SMILES string of the molecule is COc1cccc(CCNC(=O)N2CCN(c3ccccc3C(C)(C)C)CC2)c1. The number of carbonyl (C=O) groups is 1. The molecule has 5 heteroatoms. The zero-order valence-electron chi connectivity index (χ0n) is 18.1. The first kappa shape index (κ1) is 21.0. The summed E-state index contributed by atoms with van der Waals surface area (Å²) in [6.07, 6.45) is 0.794. The van der Waals surface area contributed by atoms with E-state index in [1.807, 2.05) is 23.1 Å². The molecule has 2 amide bonds. The first-order valence-corrected chi connectivity index (χ1v) is 10.4. The molecular weight excluding hydrogens is 362 g/mol. The lowest BCUT2D eigenvalue weighted by atomic mass is 9.85. The Bertz CT molecular complexity index is 821. The number of rotatable bonds is 5. The van der Waals surface area contributed by atoms with Gasteiger partial charge in [-0.15, -0.1) is 0 Å². The van der Waals surface area contributed by atoms with Crippen LogP contribution in [0.5, 0.6) is 5.75 Å². The zero-order chi connectivity index (χ0) is 20.9. The van der Waals surface area contributed by atoms with Gasteiger partial charge in [-0.1, -0.05) is 51.1 Å². The second-order valence-electron chi connectivity index (χ2n) is 8.57. The molecule has 0 bridgehead atoms. The van der Waals surface area contributed by atoms with E-state index >= 15 is 0 Å². The maximum atomic E-state index is 12.6. The number of urea groups is 1. The zero-order valence-corrected chi connectivity index (χ0v) is 18.1. The second kappa shape index (κ2) is 9.21. The molecule has 2 aromatic carbocycles. The molecule has 1 aliphatic rings. The lowest BCUT2D eigenvalue weighted by Crippen LogP contribution is -2.52. The minimum Gasteiger partial charge on any atom is -0.497 e. The van der Waals surface area contributed by atoms with Crippen LogP contribution < -0.4 is 15.0 Å². The number of para-hydroxylation sites is 1. The molecule has 156 valence electrons. The van der Waals surface area contributed by atoms with E-state index in [2.05, 4.69) is 61.3 Å². The monoisotopic (exact) mass is 395 g/mol. The fraction of sp³-hybridized carbons (Fsp3) is 0.458. The Morgan fingerprint density at radius 1 is 1.03 bits per heavy atom. The van der Waals surface area contributed by atoms with E-state index < -0.39 is 0 Å². The van der Waals surface area contributed by atoms with Crippen molar-refractivity contribution in [3.8, 4) is 5.75 Å². The standard InChI is InChI=1S/C24H33N3O2/c1-24(2,3)21-10-5-6-11-22(21)26-14-16-27(17-15-26)23(28)25-13-12-19-8-7-9-20(18-19)29-4/h5-11,18H,12-17H2,1-4H3,(H,25,28). The van der Waals surface area contributed by atoms with Crippen LogP contribution in [-0.2, 0) is 11.8 Å². The van der Waals surface area contributed by atoms with Crippen LogP contribution in [0.15, 0.2) is 48.5 Å². The summed E-state index contributed by atoms with van der Waals surface area (Å²) in [5.41, 5.74) is 3.91. The molecule has 0 atom stereocenters. The van der Waals surface area contributed by atoms with Crippen molar-refractivity contribution in [2.24, 2.45) is 0 Å². The molecule has 3 rings (SSSR count). The largest absolute Gasteiger partial charge is 0.497 e. The lowest BCUT2D eigenvalue weighted by molar-refractivity contribution is 0.194. The van der Waals surface area contributed by atoms with Crippen molar-refractivity contribution in [3.05, 3.63) is 59.7 Å². The van der Waals surface area contributed by atoms with Gasteiger partial charge in [-0.3, -0.25) is 0 Å². The fourth-order valence-corrected chi connectivity index (χ4v) is 3.79. The number of nitrogens with zero attached hydrogens (tertiary/aromatic N) is 2. The van der Waals surface area contributed by atoms with E-state index in [-0.39, 0.29) is 11.4 Å². The summed E-state index contributed by atoms with van der Waals surface area (Å²) in [7, 11) is 1.67. The maximum absolute atomic E-state index is 12.6. The molecular formula is C24H33N3O2. The summed E-state index contributed by atoms with van der Waals surface area (Å²) in [4.78, 5) is 16.9. The van der Waals surface area contributed by atoms with Crippen molar-refractivity contribution in [3.63, 3.8) is 0 Å². The minimum atomic E-state index is 0.0247. The Hall–Kier alpha value is -2.69. The first-order chi connectivity index (χ1) is 13.9. The molecule has 0 saturated carbocycles. The number of hydrogen-bond acceptors (Lipinski definition) is 3. The topological polar surface area (TPSA) is 44.8 Å². The van der Waals surface area contributed by atoms with Gasteiger partial charge in [0.15, 0.2) is 0 Å². The summed E-state index contributed by atoms with van der Waals surface area (Å²) in [6.45, 7) is 10.6. The first-order valence-electron chi connectivity index (χ1n) is 10.4. The Kier molecular flexibility index (Phi) is 6.68. The highest BCUT2D eigenvalue weighted by Gasteiger charge is 2.25. The van der Waals surface area contributed by atoms with E-state index in [0.29, 0.717) is 6.54 Å². The van der Waals surface area contributed by atoms with Gasteiger partial charge in [-0.25, -0.2) is 4.79 Å². The van der Waals surface area contributed by atoms with Crippen LogP contribution in [0.2, 0.25) is 0 Å². The number of piperazine rings is 1. The molecule has 5 nitrogen and oxygen atoms in total. The van der Waals surface area contributed by atoms with Gasteiger partial charge < -0.3 is 19.9 Å². The molecule has 0 aromatic heterocycles. The highest BCUT2D eigenvalue weighted by Crippen LogP contribution is 2.32. The van der Waals surface area contributed by atoms with Gasteiger partial charge in [-0.05, 0) is 41.2 Å². The number of amides is 2. The van der Waals surface area contributed by atoms with Gasteiger partial charge in [0.1, 0.15) is 5.75 Å². The van der Waals surface area contributed by atoms with Crippen LogP contribution in [0, 0.1) is 0 Å². The van der Waals surface area contributed by atoms with Crippen molar-refractivity contribution >= 4 is 11.7 Å². The van der Waals surface area contributed by atoms with Crippen molar-refractivity contribution in [1.82, 2.24) is 10.2 Å². The summed E-state index contributed by atoms with van der Waals surface area (Å²) in [5.74, 6) is 0.848. The maximum Gasteiger partial charge on any atom is 0.317 e. The summed E-state index contributed by atoms with van der Waals surface area (Å²) in [6, 6.07) is 16.6. The van der Waals surface area contributed by atoms with Gasteiger partial charge in [0.05, 0.1) is 7.11 Å². The highest BCUT2D eigenvalue weighted by atomic mass is 16.5. The number of hydrogen-bond donors (Lipinski definition) is 1. The third-order valence-corrected chi connectivity index (χ3v) is 5.44. The van der Waals surface area contributed by atoms with E-state index in [9.17, 15) is 4.79 Å². The quantitative estimate of drug-likeness (QED) is 0.830. The van der Waals surface area contributed by atoms with Crippen LogP contribution in [0.25, 0.3) is 0 Å². The average Bonchev–Trinajstić information content (AvgIpc) is 2.73. The van der Waals surface area contributed by atoms with E-state index in [1.54, 1.807) is 7.11 Å². The van der Waals surface area contributed by atoms with Gasteiger partial charge >= 0.3 is 6.03 Å². The molecule has 1 aliphatic heterocycles. The number of anilines is 1. The Balaban J connectivity index is 1.50. The summed E-state index contributed by atoms with van der Waals surface area (Å²) in [5, 5.41) is 3.06. The third-order valence-electron chi connectivity index (χ3n) is 5.44. The number of nitrogens with one attached hydrogen (secondary N) is 1.